The highest BCUT2D eigenvalue weighted by Crippen LogP contribution is 2.45. The van der Waals surface area contributed by atoms with Crippen LogP contribution in [0, 0.1) is 0 Å². The summed E-state index contributed by atoms with van der Waals surface area (Å²) in [5, 5.41) is 14.3. The third-order valence-electron chi connectivity index (χ3n) is 5.96. The molecule has 10 heteroatoms. The van der Waals surface area contributed by atoms with Gasteiger partial charge >= 0.3 is 0 Å². The number of rotatable bonds is 6. The number of H-pyrrole nitrogens is 1. The van der Waals surface area contributed by atoms with Crippen LogP contribution in [0.4, 0.5) is 5.82 Å². The molecule has 170 valence electrons. The maximum absolute atomic E-state index is 9.72. The van der Waals surface area contributed by atoms with Crippen LogP contribution in [0.1, 0.15) is 25.6 Å². The molecule has 1 saturated heterocycles. The minimum Gasteiger partial charge on any atom is -0.465 e. The highest BCUT2D eigenvalue weighted by atomic mass is 16.8. The first-order valence-corrected chi connectivity index (χ1v) is 10.9. The van der Waals surface area contributed by atoms with Gasteiger partial charge in [-0.2, -0.15) is 0 Å². The molecule has 0 amide bonds. The number of ether oxygens (including phenoxy) is 3. The van der Waals surface area contributed by atoms with Gasteiger partial charge in [-0.3, -0.25) is 4.57 Å². The minimum atomic E-state index is -0.803. The molecule has 10 nitrogen and oxygen atoms in total. The molecule has 4 aromatic rings. The maximum Gasteiger partial charge on any atom is 0.212 e. The number of fused-ring (bicyclic) bond motifs is 3. The summed E-state index contributed by atoms with van der Waals surface area (Å²) in [5.74, 6) is 0.725. The van der Waals surface area contributed by atoms with E-state index >= 15 is 0 Å². The quantitative estimate of drug-likeness (QED) is 0.412. The Labute approximate surface area is 189 Å². The zero-order valence-corrected chi connectivity index (χ0v) is 18.3. The smallest absolute Gasteiger partial charge is 0.212 e. The molecule has 0 bridgehead atoms. The molecule has 1 aromatic carbocycles. The molecule has 33 heavy (non-hydrogen) atoms. The summed E-state index contributed by atoms with van der Waals surface area (Å²) in [6.07, 6.45) is 4.96. The zero-order valence-electron chi connectivity index (χ0n) is 18.3. The number of para-hydroxylation sites is 1. The fraction of sp³-hybridized carbons (Fsp3) is 0.348. The molecular weight excluding hydrogens is 424 g/mol. The summed E-state index contributed by atoms with van der Waals surface area (Å²) in [5.41, 5.74) is 3.61. The number of benzene rings is 1. The van der Waals surface area contributed by atoms with Crippen molar-refractivity contribution in [3.8, 4) is 0 Å². The van der Waals surface area contributed by atoms with E-state index in [0.29, 0.717) is 35.0 Å². The second-order valence-corrected chi connectivity index (χ2v) is 8.58. The van der Waals surface area contributed by atoms with Gasteiger partial charge in [0.25, 0.3) is 0 Å². The van der Waals surface area contributed by atoms with E-state index in [-0.39, 0.29) is 6.61 Å². The van der Waals surface area contributed by atoms with Crippen molar-refractivity contribution in [1.29, 1.82) is 0 Å². The van der Waals surface area contributed by atoms with Crippen molar-refractivity contribution in [2.75, 3.05) is 18.5 Å². The Morgan fingerprint density at radius 3 is 2.97 bits per heavy atom. The molecule has 6 rings (SSSR count). The van der Waals surface area contributed by atoms with Gasteiger partial charge in [0.2, 0.25) is 12.0 Å². The van der Waals surface area contributed by atoms with Crippen LogP contribution in [-0.4, -0.2) is 54.7 Å². The summed E-state index contributed by atoms with van der Waals surface area (Å²) in [6, 6.07) is 8.25. The molecular formula is C23H24N6O4. The van der Waals surface area contributed by atoms with Crippen molar-refractivity contribution in [1.82, 2.24) is 24.5 Å². The first kappa shape index (κ1) is 20.0. The predicted octanol–water partition coefficient (Wildman–Crippen LogP) is 2.85. The number of nitrogens with one attached hydrogen (secondary N) is 2. The zero-order chi connectivity index (χ0) is 22.6. The number of anilines is 1. The number of aliphatic hydroxyl groups excluding tert-OH is 1. The molecule has 0 aliphatic carbocycles. The van der Waals surface area contributed by atoms with Gasteiger partial charge in [-0.15, -0.1) is 0 Å². The molecule has 2 aliphatic heterocycles. The fourth-order valence-corrected chi connectivity index (χ4v) is 4.51. The number of aromatic amines is 1. The lowest BCUT2D eigenvalue weighted by Crippen LogP contribution is -2.27. The lowest BCUT2D eigenvalue weighted by Gasteiger charge is -2.22. The largest absolute Gasteiger partial charge is 0.465 e. The number of hydrogen-bond donors (Lipinski definition) is 3. The Morgan fingerprint density at radius 1 is 1.21 bits per heavy atom. The average molecular weight is 448 g/mol. The molecule has 0 saturated carbocycles. The van der Waals surface area contributed by atoms with Gasteiger partial charge in [0.05, 0.1) is 0 Å². The second kappa shape index (κ2) is 7.46. The summed E-state index contributed by atoms with van der Waals surface area (Å²) >= 11 is 0. The van der Waals surface area contributed by atoms with E-state index < -0.39 is 18.1 Å². The van der Waals surface area contributed by atoms with Crippen molar-refractivity contribution in [3.63, 3.8) is 0 Å². The summed E-state index contributed by atoms with van der Waals surface area (Å²) in [7, 11) is 0. The number of aromatic nitrogens is 5. The molecule has 1 fully saturated rings. The van der Waals surface area contributed by atoms with Crippen LogP contribution in [0.2, 0.25) is 0 Å². The number of imidazole rings is 1. The minimum absolute atomic E-state index is 0.274. The van der Waals surface area contributed by atoms with Crippen LogP contribution in [0.5, 0.6) is 0 Å². The van der Waals surface area contributed by atoms with E-state index in [1.54, 1.807) is 10.9 Å². The Balaban J connectivity index is 1.24. The highest BCUT2D eigenvalue weighted by Gasteiger charge is 2.51. The second-order valence-electron chi connectivity index (χ2n) is 8.58. The SMILES string of the molecule is CC1(C)OC2=C(CO)O[C@@H](n3cnc4c(NCCc5c[nH]c6ccccc56)ncnc43)C2O1. The third kappa shape index (κ3) is 3.30. The Hall–Kier alpha value is -3.63. The van der Waals surface area contributed by atoms with E-state index in [1.807, 2.05) is 32.2 Å². The molecule has 0 radical (unpaired) electrons. The number of aliphatic hydroxyl groups is 1. The van der Waals surface area contributed by atoms with Gasteiger partial charge in [0, 0.05) is 37.5 Å². The third-order valence-corrected chi connectivity index (χ3v) is 5.96. The summed E-state index contributed by atoms with van der Waals surface area (Å²) < 4.78 is 19.6. The van der Waals surface area contributed by atoms with Crippen LogP contribution in [-0.2, 0) is 20.6 Å². The van der Waals surface area contributed by atoms with E-state index in [0.717, 1.165) is 11.9 Å². The molecule has 3 aromatic heterocycles. The number of nitrogens with zero attached hydrogens (tertiary/aromatic N) is 4. The van der Waals surface area contributed by atoms with Gasteiger partial charge in [0.1, 0.15) is 19.3 Å². The van der Waals surface area contributed by atoms with Crippen LogP contribution in [0.3, 0.4) is 0 Å². The molecule has 5 heterocycles. The van der Waals surface area contributed by atoms with Gasteiger partial charge < -0.3 is 29.6 Å². The molecule has 1 unspecified atom stereocenters. The van der Waals surface area contributed by atoms with Crippen molar-refractivity contribution >= 4 is 27.9 Å². The lowest BCUT2D eigenvalue weighted by molar-refractivity contribution is -0.165. The van der Waals surface area contributed by atoms with Gasteiger partial charge in [-0.1, -0.05) is 18.2 Å². The molecule has 2 aliphatic rings. The van der Waals surface area contributed by atoms with Crippen LogP contribution < -0.4 is 5.32 Å². The predicted molar refractivity (Wildman–Crippen MR) is 120 cm³/mol. The molecule has 2 atom stereocenters. The van der Waals surface area contributed by atoms with Gasteiger partial charge in [-0.05, 0) is 18.1 Å². The topological polar surface area (TPSA) is 119 Å². The monoisotopic (exact) mass is 448 g/mol. The van der Waals surface area contributed by atoms with Crippen LogP contribution >= 0.6 is 0 Å². The van der Waals surface area contributed by atoms with Crippen molar-refractivity contribution in [3.05, 3.63) is 60.2 Å². The van der Waals surface area contributed by atoms with Crippen LogP contribution in [0.15, 0.2) is 54.6 Å². The van der Waals surface area contributed by atoms with E-state index in [1.165, 1.54) is 17.3 Å². The standard InChI is InChI=1S/C23H24N6O4/c1-23(2)32-18-16(10-30)31-22(19(18)33-23)29-12-28-17-20(26-11-27-21(17)29)24-8-7-13-9-25-15-6-4-3-5-14(13)15/h3-6,9,11-12,19,22,25,30H,7-8,10H2,1-2H3,(H,24,26,27)/t19?,22-/m1/s1. The van der Waals surface area contributed by atoms with Gasteiger partial charge in [-0.25, -0.2) is 15.0 Å². The van der Waals surface area contributed by atoms with E-state index in [9.17, 15) is 5.11 Å². The van der Waals surface area contributed by atoms with E-state index in [2.05, 4.69) is 37.4 Å². The fourth-order valence-electron chi connectivity index (χ4n) is 4.51. The molecule has 0 spiro atoms. The van der Waals surface area contributed by atoms with Crippen molar-refractivity contribution < 1.29 is 19.3 Å². The Morgan fingerprint density at radius 2 is 2.09 bits per heavy atom. The summed E-state index contributed by atoms with van der Waals surface area (Å²) in [6.45, 7) is 4.07. The Bertz CT molecular complexity index is 1370. The van der Waals surface area contributed by atoms with Crippen molar-refractivity contribution in [2.24, 2.45) is 0 Å². The van der Waals surface area contributed by atoms with Crippen LogP contribution in [0.25, 0.3) is 22.1 Å². The Kier molecular flexibility index (Phi) is 4.52. The number of hydrogen-bond acceptors (Lipinski definition) is 8. The normalized spacial score (nSPS) is 21.4. The summed E-state index contributed by atoms with van der Waals surface area (Å²) in [4.78, 5) is 16.7. The molecule has 3 N–H and O–H groups in total. The van der Waals surface area contributed by atoms with Gasteiger partial charge in [0.15, 0.2) is 34.6 Å². The first-order chi connectivity index (χ1) is 16.0. The highest BCUT2D eigenvalue weighted by molar-refractivity contribution is 5.84. The van der Waals surface area contributed by atoms with Crippen molar-refractivity contribution in [2.45, 2.75) is 38.4 Å². The van der Waals surface area contributed by atoms with E-state index in [4.69, 9.17) is 14.2 Å². The first-order valence-electron chi connectivity index (χ1n) is 10.9. The lowest BCUT2D eigenvalue weighted by atomic mass is 10.1. The maximum atomic E-state index is 9.72. The average Bonchev–Trinajstić information content (AvgIpc) is 3.55.